The van der Waals surface area contributed by atoms with E-state index in [9.17, 15) is 0 Å². The third-order valence-electron chi connectivity index (χ3n) is 3.78. The van der Waals surface area contributed by atoms with Crippen LogP contribution in [-0.2, 0) is 32.7 Å². The summed E-state index contributed by atoms with van der Waals surface area (Å²) in [5, 5.41) is 0. The average molecular weight is 329 g/mol. The maximum Gasteiger partial charge on any atom is 0 e. The van der Waals surface area contributed by atoms with Gasteiger partial charge in [-0.15, -0.1) is 0 Å². The van der Waals surface area contributed by atoms with Gasteiger partial charge in [-0.3, -0.25) is 0 Å². The number of hydrogen-bond donors (Lipinski definition) is 0. The van der Waals surface area contributed by atoms with E-state index in [-0.39, 0.29) is 40.1 Å². The molecule has 0 aliphatic carbocycles. The van der Waals surface area contributed by atoms with E-state index >= 15 is 0 Å². The minimum atomic E-state index is 0. The van der Waals surface area contributed by atoms with E-state index in [1.165, 1.54) is 57.8 Å². The second kappa shape index (κ2) is 18.1. The molecule has 0 N–H and O–H groups in total. The van der Waals surface area contributed by atoms with Crippen LogP contribution in [0.3, 0.4) is 0 Å². The van der Waals surface area contributed by atoms with E-state index < -0.39 is 0 Å². The zero-order valence-electron chi connectivity index (χ0n) is 13.7. The fraction of sp³-hybridized carbons (Fsp3) is 0.882. The molecular formula is C17H36Y-2. The van der Waals surface area contributed by atoms with E-state index in [2.05, 4.69) is 34.1 Å². The smallest absolute Gasteiger partial charge is 0 e. The minimum absolute atomic E-state index is 0. The van der Waals surface area contributed by atoms with Gasteiger partial charge in [0.25, 0.3) is 0 Å². The van der Waals surface area contributed by atoms with E-state index in [0.29, 0.717) is 0 Å². The molecule has 18 heavy (non-hydrogen) atoms. The van der Waals surface area contributed by atoms with Gasteiger partial charge in [0.15, 0.2) is 0 Å². The molecule has 0 saturated carbocycles. The van der Waals surface area contributed by atoms with Gasteiger partial charge in [0.1, 0.15) is 0 Å². The molecule has 109 valence electrons. The van der Waals surface area contributed by atoms with Crippen molar-refractivity contribution < 1.29 is 32.7 Å². The van der Waals surface area contributed by atoms with E-state index in [4.69, 9.17) is 0 Å². The average Bonchev–Trinajstić information content (AvgIpc) is 2.28. The van der Waals surface area contributed by atoms with Crippen LogP contribution in [0.1, 0.15) is 85.5 Å². The van der Waals surface area contributed by atoms with Gasteiger partial charge in [-0.2, -0.15) is 13.3 Å². The first-order valence-corrected chi connectivity index (χ1v) is 7.48. The third-order valence-corrected chi connectivity index (χ3v) is 3.78. The largest absolute Gasteiger partial charge is 0.358 e. The van der Waals surface area contributed by atoms with Crippen LogP contribution in [0.2, 0.25) is 0 Å². The SMILES string of the molecule is C[CH-]CCCCCC(C)CCCC(C)CC.[CH3-].[Y]. The summed E-state index contributed by atoms with van der Waals surface area (Å²) >= 11 is 0. The van der Waals surface area contributed by atoms with Gasteiger partial charge in [-0.25, -0.2) is 0 Å². The molecule has 1 heteroatoms. The molecule has 0 spiro atoms. The van der Waals surface area contributed by atoms with Gasteiger partial charge >= 0.3 is 0 Å². The Labute approximate surface area is 143 Å². The fourth-order valence-electron chi connectivity index (χ4n) is 2.18. The summed E-state index contributed by atoms with van der Waals surface area (Å²) in [5.74, 6) is 1.89. The number of hydrogen-bond acceptors (Lipinski definition) is 0. The predicted molar refractivity (Wildman–Crippen MR) is 81.9 cm³/mol. The Morgan fingerprint density at radius 1 is 0.833 bits per heavy atom. The van der Waals surface area contributed by atoms with Gasteiger partial charge in [-0.05, 0) is 11.8 Å². The summed E-state index contributed by atoms with van der Waals surface area (Å²) in [5.41, 5.74) is 0. The number of rotatable bonds is 11. The monoisotopic (exact) mass is 329 g/mol. The second-order valence-electron chi connectivity index (χ2n) is 5.60. The van der Waals surface area contributed by atoms with Crippen molar-refractivity contribution in [2.24, 2.45) is 11.8 Å². The quantitative estimate of drug-likeness (QED) is 0.301. The molecule has 2 unspecified atom stereocenters. The summed E-state index contributed by atoms with van der Waals surface area (Å²) in [6.45, 7) is 9.28. The van der Waals surface area contributed by atoms with Gasteiger partial charge in [0.05, 0.1) is 0 Å². The topological polar surface area (TPSA) is 0 Å². The molecule has 0 aliphatic rings. The van der Waals surface area contributed by atoms with Crippen molar-refractivity contribution in [2.45, 2.75) is 85.5 Å². The summed E-state index contributed by atoms with van der Waals surface area (Å²) < 4.78 is 0. The molecule has 0 rings (SSSR count). The molecule has 0 heterocycles. The Morgan fingerprint density at radius 2 is 1.39 bits per heavy atom. The third kappa shape index (κ3) is 17.1. The van der Waals surface area contributed by atoms with Crippen molar-refractivity contribution in [3.63, 3.8) is 0 Å². The molecule has 0 nitrogen and oxygen atoms in total. The fourth-order valence-corrected chi connectivity index (χ4v) is 2.18. The predicted octanol–water partition coefficient (Wildman–Crippen LogP) is 6.46. The maximum atomic E-state index is 2.43. The molecule has 0 aromatic heterocycles. The summed E-state index contributed by atoms with van der Waals surface area (Å²) in [6, 6.07) is 0. The molecule has 0 aromatic carbocycles. The van der Waals surface area contributed by atoms with Crippen molar-refractivity contribution in [3.05, 3.63) is 13.8 Å². The van der Waals surface area contributed by atoms with Crippen LogP contribution in [0.25, 0.3) is 0 Å². The Bertz CT molecular complexity index is 134. The van der Waals surface area contributed by atoms with Crippen LogP contribution < -0.4 is 0 Å². The van der Waals surface area contributed by atoms with Crippen molar-refractivity contribution in [1.29, 1.82) is 0 Å². The van der Waals surface area contributed by atoms with Crippen molar-refractivity contribution in [1.82, 2.24) is 0 Å². The Morgan fingerprint density at radius 3 is 1.94 bits per heavy atom. The molecule has 0 fully saturated rings. The standard InChI is InChI=1S/C16H33.CH3.Y/c1-5-7-8-9-10-12-16(4)14-11-13-15(3)6-2;;/h5,15-16H,6-14H2,1-4H3;1H3;/q2*-1;. The molecule has 0 saturated heterocycles. The molecule has 1 radical (unpaired) electrons. The molecule has 0 bridgehead atoms. The first-order chi connectivity index (χ1) is 7.70. The van der Waals surface area contributed by atoms with Crippen LogP contribution in [0.15, 0.2) is 0 Å². The summed E-state index contributed by atoms with van der Waals surface area (Å²) in [6.07, 6.45) is 15.0. The molecular weight excluding hydrogens is 293 g/mol. The van der Waals surface area contributed by atoms with Gasteiger partial charge < -0.3 is 13.8 Å². The Hall–Kier alpha value is 1.10. The van der Waals surface area contributed by atoms with Crippen LogP contribution in [-0.4, -0.2) is 0 Å². The normalized spacial score (nSPS) is 13.3. The number of unbranched alkanes of at least 4 members (excludes halogenated alkanes) is 4. The van der Waals surface area contributed by atoms with Gasteiger partial charge in [-0.1, -0.05) is 72.1 Å². The zero-order chi connectivity index (χ0) is 12.2. The van der Waals surface area contributed by atoms with Crippen LogP contribution >= 0.6 is 0 Å². The Kier molecular flexibility index (Phi) is 24.3. The molecule has 0 aromatic rings. The van der Waals surface area contributed by atoms with Crippen molar-refractivity contribution in [2.75, 3.05) is 0 Å². The first-order valence-electron chi connectivity index (χ1n) is 7.48. The molecule has 0 amide bonds. The Balaban J connectivity index is -0.00000112. The zero-order valence-corrected chi connectivity index (χ0v) is 16.5. The van der Waals surface area contributed by atoms with Crippen LogP contribution in [0, 0.1) is 25.7 Å². The first kappa shape index (κ1) is 24.1. The summed E-state index contributed by atoms with van der Waals surface area (Å²) in [7, 11) is 0. The van der Waals surface area contributed by atoms with Crippen molar-refractivity contribution in [3.8, 4) is 0 Å². The minimum Gasteiger partial charge on any atom is -0.358 e. The second-order valence-corrected chi connectivity index (χ2v) is 5.60. The van der Waals surface area contributed by atoms with Crippen molar-refractivity contribution >= 4 is 0 Å². The molecule has 2 atom stereocenters. The summed E-state index contributed by atoms with van der Waals surface area (Å²) in [4.78, 5) is 0. The van der Waals surface area contributed by atoms with Gasteiger partial charge in [0, 0.05) is 32.7 Å². The van der Waals surface area contributed by atoms with Crippen LogP contribution in [0.4, 0.5) is 0 Å². The van der Waals surface area contributed by atoms with E-state index in [1.54, 1.807) is 0 Å². The van der Waals surface area contributed by atoms with E-state index in [1.807, 2.05) is 0 Å². The maximum absolute atomic E-state index is 2.43. The van der Waals surface area contributed by atoms with E-state index in [0.717, 1.165) is 11.8 Å². The van der Waals surface area contributed by atoms with Crippen LogP contribution in [0.5, 0.6) is 0 Å². The van der Waals surface area contributed by atoms with Gasteiger partial charge in [0.2, 0.25) is 0 Å². The molecule has 0 aliphatic heterocycles.